The lowest BCUT2D eigenvalue weighted by atomic mass is 9.86. The quantitative estimate of drug-likeness (QED) is 0.824. The van der Waals surface area contributed by atoms with Crippen LogP contribution in [0.15, 0.2) is 24.0 Å². The number of piperidine rings is 1. The molecule has 134 valence electrons. The van der Waals surface area contributed by atoms with Gasteiger partial charge in [-0.1, -0.05) is 23.8 Å². The first-order valence-electron chi connectivity index (χ1n) is 8.67. The summed E-state index contributed by atoms with van der Waals surface area (Å²) in [5.74, 6) is 0.195. The van der Waals surface area contributed by atoms with Crippen LogP contribution in [-0.2, 0) is 14.3 Å². The first kappa shape index (κ1) is 17.5. The van der Waals surface area contributed by atoms with Crippen molar-refractivity contribution in [2.45, 2.75) is 39.2 Å². The van der Waals surface area contributed by atoms with Crippen molar-refractivity contribution in [2.75, 3.05) is 19.7 Å². The van der Waals surface area contributed by atoms with E-state index in [1.165, 1.54) is 0 Å². The third kappa shape index (κ3) is 3.26. The lowest BCUT2D eigenvalue weighted by Crippen LogP contribution is -2.52. The predicted octanol–water partition coefficient (Wildman–Crippen LogP) is 2.44. The van der Waals surface area contributed by atoms with Gasteiger partial charge >= 0.3 is 6.16 Å². The fourth-order valence-corrected chi connectivity index (χ4v) is 3.51. The van der Waals surface area contributed by atoms with Crippen LogP contribution in [0.4, 0.5) is 4.79 Å². The van der Waals surface area contributed by atoms with Gasteiger partial charge in [0.1, 0.15) is 5.54 Å². The Morgan fingerprint density at radius 2 is 1.96 bits per heavy atom. The van der Waals surface area contributed by atoms with E-state index in [1.54, 1.807) is 6.92 Å². The number of ether oxygens (including phenoxy) is 2. The highest BCUT2D eigenvalue weighted by atomic mass is 16.7. The Morgan fingerprint density at radius 3 is 2.64 bits per heavy atom. The Hall–Kier alpha value is -2.34. The topological polar surface area (TPSA) is 76.7 Å². The molecule has 0 radical (unpaired) electrons. The number of hydrogen-bond acceptors (Lipinski definition) is 5. The van der Waals surface area contributed by atoms with Gasteiger partial charge in [-0.05, 0) is 57.8 Å². The average molecular weight is 344 g/mol. The van der Waals surface area contributed by atoms with Crippen LogP contribution < -0.4 is 10.6 Å². The van der Waals surface area contributed by atoms with Crippen molar-refractivity contribution >= 4 is 17.6 Å². The Bertz CT molecular complexity index is 733. The van der Waals surface area contributed by atoms with E-state index in [0.29, 0.717) is 24.2 Å². The van der Waals surface area contributed by atoms with E-state index in [2.05, 4.69) is 10.6 Å². The van der Waals surface area contributed by atoms with Crippen molar-refractivity contribution in [3.05, 3.63) is 40.6 Å². The zero-order valence-corrected chi connectivity index (χ0v) is 14.9. The molecule has 6 nitrogen and oxygen atoms in total. The summed E-state index contributed by atoms with van der Waals surface area (Å²) in [5, 5.41) is 6.36. The molecule has 0 saturated carbocycles. The molecule has 2 N–H and O–H groups in total. The second-order valence-corrected chi connectivity index (χ2v) is 6.59. The number of nitrogens with one attached hydrogen (secondary N) is 2. The van der Waals surface area contributed by atoms with Crippen molar-refractivity contribution in [3.63, 3.8) is 0 Å². The highest BCUT2D eigenvalue weighted by Crippen LogP contribution is 2.40. The number of carbonyl (C=O) groups excluding carboxylic acids is 2. The minimum atomic E-state index is -0.769. The summed E-state index contributed by atoms with van der Waals surface area (Å²) in [7, 11) is 0. The molecule has 0 aliphatic carbocycles. The van der Waals surface area contributed by atoms with Gasteiger partial charge in [-0.15, -0.1) is 0 Å². The number of hydrogen-bond donors (Lipinski definition) is 2. The Labute approximate surface area is 147 Å². The smallest absolute Gasteiger partial charge is 0.434 e. The van der Waals surface area contributed by atoms with Crippen molar-refractivity contribution in [3.8, 4) is 0 Å². The fraction of sp³-hybridized carbons (Fsp3) is 0.474. The Kier molecular flexibility index (Phi) is 4.81. The van der Waals surface area contributed by atoms with E-state index in [0.717, 1.165) is 29.8 Å². The van der Waals surface area contributed by atoms with E-state index in [9.17, 15) is 9.59 Å². The van der Waals surface area contributed by atoms with E-state index in [4.69, 9.17) is 9.47 Å². The molecule has 1 aromatic rings. The van der Waals surface area contributed by atoms with Crippen molar-refractivity contribution in [1.29, 1.82) is 0 Å². The molecule has 1 spiro atoms. The van der Waals surface area contributed by atoms with Crippen molar-refractivity contribution in [1.82, 2.24) is 10.6 Å². The van der Waals surface area contributed by atoms with Gasteiger partial charge in [0.15, 0.2) is 5.76 Å². The molecule has 1 aromatic carbocycles. The molecule has 1 saturated heterocycles. The van der Waals surface area contributed by atoms with Crippen LogP contribution in [-0.4, -0.2) is 37.3 Å². The maximum absolute atomic E-state index is 12.8. The molecule has 0 aromatic heterocycles. The van der Waals surface area contributed by atoms with E-state index in [-0.39, 0.29) is 12.5 Å². The zero-order valence-electron chi connectivity index (χ0n) is 14.9. The molecule has 0 atom stereocenters. The van der Waals surface area contributed by atoms with Gasteiger partial charge in [0.25, 0.3) is 5.91 Å². The highest BCUT2D eigenvalue weighted by molar-refractivity contribution is 6.23. The molecule has 0 bridgehead atoms. The number of carbonyl (C=O) groups is 2. The summed E-state index contributed by atoms with van der Waals surface area (Å²) in [6.07, 6.45) is 0.568. The maximum Gasteiger partial charge on any atom is 0.513 e. The molecule has 2 aliphatic rings. The van der Waals surface area contributed by atoms with Crippen molar-refractivity contribution < 1.29 is 19.1 Å². The van der Waals surface area contributed by atoms with Gasteiger partial charge in [0, 0.05) is 0 Å². The Morgan fingerprint density at radius 1 is 1.24 bits per heavy atom. The molecule has 2 aliphatic heterocycles. The summed E-state index contributed by atoms with van der Waals surface area (Å²) < 4.78 is 10.5. The lowest BCUT2D eigenvalue weighted by Gasteiger charge is -2.35. The van der Waals surface area contributed by atoms with Gasteiger partial charge in [0.2, 0.25) is 0 Å². The molecule has 1 amide bonds. The Balaban J connectivity index is 2.13. The minimum Gasteiger partial charge on any atom is -0.434 e. The first-order chi connectivity index (χ1) is 12.0. The van der Waals surface area contributed by atoms with E-state index in [1.807, 2.05) is 32.0 Å². The van der Waals surface area contributed by atoms with Gasteiger partial charge < -0.3 is 20.1 Å². The summed E-state index contributed by atoms with van der Waals surface area (Å²) in [6.45, 7) is 7.36. The molecular weight excluding hydrogens is 320 g/mol. The van der Waals surface area contributed by atoms with Gasteiger partial charge in [-0.2, -0.15) is 0 Å². The zero-order chi connectivity index (χ0) is 18.0. The molecule has 0 unspecified atom stereocenters. The summed E-state index contributed by atoms with van der Waals surface area (Å²) in [5.41, 5.74) is 2.60. The fourth-order valence-electron chi connectivity index (χ4n) is 3.51. The van der Waals surface area contributed by atoms with Crippen LogP contribution in [0.5, 0.6) is 0 Å². The van der Waals surface area contributed by atoms with E-state index < -0.39 is 11.7 Å². The average Bonchev–Trinajstić information content (AvgIpc) is 2.82. The summed E-state index contributed by atoms with van der Waals surface area (Å²) in [4.78, 5) is 24.9. The number of benzene rings is 1. The summed E-state index contributed by atoms with van der Waals surface area (Å²) >= 11 is 0. The van der Waals surface area contributed by atoms with Crippen LogP contribution >= 0.6 is 0 Å². The molecule has 3 rings (SSSR count). The molecule has 2 heterocycles. The molecule has 6 heteroatoms. The molecule has 1 fully saturated rings. The van der Waals surface area contributed by atoms with Crippen LogP contribution in [0.3, 0.4) is 0 Å². The van der Waals surface area contributed by atoms with Crippen LogP contribution in [0.2, 0.25) is 0 Å². The summed E-state index contributed by atoms with van der Waals surface area (Å²) in [6, 6.07) is 5.93. The van der Waals surface area contributed by atoms with E-state index >= 15 is 0 Å². The third-order valence-electron chi connectivity index (χ3n) is 4.81. The van der Waals surface area contributed by atoms with Crippen LogP contribution in [0.25, 0.3) is 5.57 Å². The first-order valence-corrected chi connectivity index (χ1v) is 8.67. The second kappa shape index (κ2) is 6.88. The molecule has 25 heavy (non-hydrogen) atoms. The minimum absolute atomic E-state index is 0.199. The van der Waals surface area contributed by atoms with Crippen LogP contribution in [0.1, 0.15) is 36.5 Å². The van der Waals surface area contributed by atoms with Crippen molar-refractivity contribution in [2.24, 2.45) is 0 Å². The standard InChI is InChI=1S/C19H24N2O4/c1-4-24-18(23)25-16-15(14-11-12(2)5-6-13(14)3)17(22)21-19(16)7-9-20-10-8-19/h5-6,11,20H,4,7-10H2,1-3H3,(H,21,22). The SMILES string of the molecule is CCOC(=O)OC1=C(c2cc(C)ccc2C)C(=O)NC12CCNCC2. The predicted molar refractivity (Wildman–Crippen MR) is 93.9 cm³/mol. The number of amides is 1. The third-order valence-corrected chi connectivity index (χ3v) is 4.81. The van der Waals surface area contributed by atoms with Crippen LogP contribution in [0, 0.1) is 13.8 Å². The highest BCUT2D eigenvalue weighted by Gasteiger charge is 2.49. The van der Waals surface area contributed by atoms with Gasteiger partial charge in [-0.3, -0.25) is 4.79 Å². The number of rotatable bonds is 3. The second-order valence-electron chi connectivity index (χ2n) is 6.59. The lowest BCUT2D eigenvalue weighted by molar-refractivity contribution is -0.116. The normalized spacial score (nSPS) is 19.1. The van der Waals surface area contributed by atoms with Gasteiger partial charge in [-0.25, -0.2) is 4.79 Å². The maximum atomic E-state index is 12.8. The molecular formula is C19H24N2O4. The van der Waals surface area contributed by atoms with Gasteiger partial charge in [0.05, 0.1) is 12.2 Å². The largest absolute Gasteiger partial charge is 0.513 e. The monoisotopic (exact) mass is 344 g/mol. The number of aryl methyl sites for hydroxylation is 2.